The first-order valence-electron chi connectivity index (χ1n) is 22.5. The Morgan fingerprint density at radius 1 is 0.812 bits per heavy atom. The van der Waals surface area contributed by atoms with Gasteiger partial charge in [-0.05, 0) is 103 Å². The maximum Gasteiger partial charge on any atom is 0.348 e. The summed E-state index contributed by atoms with van der Waals surface area (Å²) >= 11 is 0. The molecule has 0 bridgehead atoms. The quantitative estimate of drug-likeness (QED) is 0.109. The van der Waals surface area contributed by atoms with E-state index in [0.29, 0.717) is 34.8 Å². The zero-order valence-corrected chi connectivity index (χ0v) is 36.8. The highest BCUT2D eigenvalue weighted by Crippen LogP contribution is 2.37. The summed E-state index contributed by atoms with van der Waals surface area (Å²) in [4.78, 5) is 60.0. The normalized spacial score (nSPS) is 17.0. The molecule has 64 heavy (non-hydrogen) atoms. The van der Waals surface area contributed by atoms with E-state index in [9.17, 15) is 24.6 Å². The Labute approximate surface area is 371 Å². The average Bonchev–Trinajstić information content (AvgIpc) is 3.66. The van der Waals surface area contributed by atoms with Crippen LogP contribution in [-0.2, 0) is 19.5 Å². The first kappa shape index (κ1) is 42.9. The number of piperidine rings is 1. The highest BCUT2D eigenvalue weighted by molar-refractivity contribution is 5.92. The highest BCUT2D eigenvalue weighted by Gasteiger charge is 2.31. The molecule has 334 valence electrons. The molecule has 6 aromatic rings. The Kier molecular flexibility index (Phi) is 12.3. The number of carbonyl (C=O) groups is 1. The number of H-pyrrole nitrogens is 2. The molecule has 3 aliphatic heterocycles. The Morgan fingerprint density at radius 2 is 1.53 bits per heavy atom. The van der Waals surface area contributed by atoms with Gasteiger partial charge in [0.15, 0.2) is 5.82 Å². The molecule has 16 heteroatoms. The summed E-state index contributed by atoms with van der Waals surface area (Å²) in [6, 6.07) is 18.7. The summed E-state index contributed by atoms with van der Waals surface area (Å²) in [5.41, 5.74) is 7.21. The van der Waals surface area contributed by atoms with E-state index in [2.05, 4.69) is 50.1 Å². The van der Waals surface area contributed by atoms with E-state index in [1.54, 1.807) is 6.07 Å². The molecule has 2 aromatic carbocycles. The summed E-state index contributed by atoms with van der Waals surface area (Å²) in [6.07, 6.45) is 6.62. The lowest BCUT2D eigenvalue weighted by atomic mass is 9.94. The van der Waals surface area contributed by atoms with Crippen molar-refractivity contribution in [3.8, 4) is 28.6 Å². The van der Waals surface area contributed by atoms with Gasteiger partial charge in [0.1, 0.15) is 17.2 Å². The smallest absolute Gasteiger partial charge is 0.348 e. The van der Waals surface area contributed by atoms with Crippen LogP contribution in [0.4, 0.5) is 5.69 Å². The molecule has 16 nitrogen and oxygen atoms in total. The molecule has 3 aliphatic rings. The lowest BCUT2D eigenvalue weighted by Crippen LogP contribution is -2.60. The molecule has 1 amide bonds. The largest absolute Gasteiger partial charge is 0.508 e. The zero-order chi connectivity index (χ0) is 44.5. The van der Waals surface area contributed by atoms with E-state index in [1.807, 2.05) is 81.7 Å². The van der Waals surface area contributed by atoms with Crippen molar-refractivity contribution in [2.75, 3.05) is 63.8 Å². The van der Waals surface area contributed by atoms with Crippen LogP contribution in [0.5, 0.6) is 11.5 Å². The number of hydrogen-bond donors (Lipinski definition) is 5. The number of hydrogen-bond acceptors (Lipinski definition) is 12. The summed E-state index contributed by atoms with van der Waals surface area (Å²) in [7, 11) is 0. The zero-order valence-electron chi connectivity index (χ0n) is 36.8. The number of aromatic nitrogens is 6. The minimum atomic E-state index is -0.413. The van der Waals surface area contributed by atoms with Gasteiger partial charge < -0.3 is 25.4 Å². The van der Waals surface area contributed by atoms with E-state index in [4.69, 9.17) is 0 Å². The highest BCUT2D eigenvalue weighted by atomic mass is 16.3. The van der Waals surface area contributed by atoms with Crippen LogP contribution in [0.1, 0.15) is 72.3 Å². The van der Waals surface area contributed by atoms with Crippen molar-refractivity contribution in [1.29, 1.82) is 0 Å². The Balaban J connectivity index is 0.686. The fourth-order valence-corrected chi connectivity index (χ4v) is 9.37. The molecule has 7 heterocycles. The van der Waals surface area contributed by atoms with Crippen molar-refractivity contribution in [3.05, 3.63) is 122 Å². The van der Waals surface area contributed by atoms with Gasteiger partial charge in [0.25, 0.3) is 11.5 Å². The first-order chi connectivity index (χ1) is 31.0. The van der Waals surface area contributed by atoms with Crippen molar-refractivity contribution in [1.82, 2.24) is 49.7 Å². The van der Waals surface area contributed by atoms with E-state index < -0.39 is 5.69 Å². The predicted octanol–water partition coefficient (Wildman–Crippen LogP) is 4.60. The lowest BCUT2D eigenvalue weighted by Gasteiger charge is -2.43. The SMILES string of the molecule is CCc1cc2ncc(CN3CCN(c4ccc(C(=O)NC5CN(CC6CCN(Cc7ccc(-n8c(-c9cc(C(C)C)c(O)cc9O)n[nH]c8=O)cc7)CC6)C5)nc4)CC3)cc2[nH]c1=O. The molecule has 0 saturated carbocycles. The first-order valence-corrected chi connectivity index (χ1v) is 22.5. The summed E-state index contributed by atoms with van der Waals surface area (Å²) in [5, 5.41) is 30.9. The number of aryl methyl sites for hydroxylation is 1. The van der Waals surface area contributed by atoms with E-state index >= 15 is 0 Å². The van der Waals surface area contributed by atoms with Crippen LogP contribution < -0.4 is 21.5 Å². The van der Waals surface area contributed by atoms with Gasteiger partial charge in [-0.3, -0.25) is 29.3 Å². The number of aromatic hydroxyl groups is 2. The molecule has 4 aromatic heterocycles. The number of piperazine rings is 1. The van der Waals surface area contributed by atoms with Crippen LogP contribution in [0, 0.1) is 5.92 Å². The Morgan fingerprint density at radius 3 is 2.23 bits per heavy atom. The van der Waals surface area contributed by atoms with Crippen LogP contribution in [0.25, 0.3) is 28.1 Å². The molecule has 0 aliphatic carbocycles. The summed E-state index contributed by atoms with van der Waals surface area (Å²) in [5.74, 6) is 0.623. The number of pyridine rings is 3. The second-order valence-corrected chi connectivity index (χ2v) is 18.0. The number of rotatable bonds is 13. The number of benzene rings is 2. The van der Waals surface area contributed by atoms with Gasteiger partial charge in [0.2, 0.25) is 0 Å². The fraction of sp³-hybridized carbons (Fsp3) is 0.417. The van der Waals surface area contributed by atoms with Gasteiger partial charge in [-0.25, -0.2) is 19.4 Å². The maximum atomic E-state index is 13.1. The van der Waals surface area contributed by atoms with Gasteiger partial charge >= 0.3 is 5.69 Å². The number of likely N-dealkylation sites (tertiary alicyclic amines) is 2. The molecule has 0 unspecified atom stereocenters. The predicted molar refractivity (Wildman–Crippen MR) is 246 cm³/mol. The number of aromatic amines is 2. The minimum Gasteiger partial charge on any atom is -0.508 e. The molecular formula is C48H57N11O5. The Hall–Kier alpha value is -6.36. The fourth-order valence-electron chi connectivity index (χ4n) is 9.37. The number of phenolic OH excluding ortho intramolecular Hbond substituents is 2. The molecule has 0 spiro atoms. The summed E-state index contributed by atoms with van der Waals surface area (Å²) in [6.45, 7) is 15.7. The van der Waals surface area contributed by atoms with Crippen LogP contribution in [0.3, 0.4) is 0 Å². The third-order valence-electron chi connectivity index (χ3n) is 13.1. The van der Waals surface area contributed by atoms with E-state index in [0.717, 1.165) is 118 Å². The number of nitrogens with one attached hydrogen (secondary N) is 3. The number of amides is 1. The van der Waals surface area contributed by atoms with E-state index in [1.165, 1.54) is 10.6 Å². The van der Waals surface area contributed by atoms with Crippen molar-refractivity contribution in [2.45, 2.75) is 65.1 Å². The van der Waals surface area contributed by atoms with Gasteiger partial charge in [-0.1, -0.05) is 32.9 Å². The summed E-state index contributed by atoms with van der Waals surface area (Å²) < 4.78 is 1.44. The third kappa shape index (κ3) is 9.30. The monoisotopic (exact) mass is 867 g/mol. The number of anilines is 1. The van der Waals surface area contributed by atoms with Crippen LogP contribution in [0.15, 0.2) is 82.6 Å². The van der Waals surface area contributed by atoms with E-state index in [-0.39, 0.29) is 40.7 Å². The molecule has 0 radical (unpaired) electrons. The van der Waals surface area contributed by atoms with Gasteiger partial charge in [0.05, 0.1) is 40.2 Å². The molecule has 5 N–H and O–H groups in total. The number of carbonyl (C=O) groups excluding carboxylic acids is 1. The van der Waals surface area contributed by atoms with Gasteiger partial charge in [-0.2, -0.15) is 5.10 Å². The van der Waals surface area contributed by atoms with Crippen molar-refractivity contribution < 1.29 is 15.0 Å². The number of nitrogens with zero attached hydrogens (tertiary/aromatic N) is 8. The second-order valence-electron chi connectivity index (χ2n) is 18.0. The molecule has 9 rings (SSSR count). The number of phenols is 2. The van der Waals surface area contributed by atoms with Crippen molar-refractivity contribution in [3.63, 3.8) is 0 Å². The van der Waals surface area contributed by atoms with Gasteiger partial charge in [-0.15, -0.1) is 0 Å². The minimum absolute atomic E-state index is 0.00356. The van der Waals surface area contributed by atoms with Crippen LogP contribution >= 0.6 is 0 Å². The Bertz CT molecular complexity index is 2720. The lowest BCUT2D eigenvalue weighted by molar-refractivity contribution is 0.0670. The molecule has 0 atom stereocenters. The van der Waals surface area contributed by atoms with Crippen molar-refractivity contribution in [2.24, 2.45) is 5.92 Å². The van der Waals surface area contributed by atoms with Gasteiger partial charge in [0, 0.05) is 76.7 Å². The van der Waals surface area contributed by atoms with Crippen LogP contribution in [0.2, 0.25) is 0 Å². The molecular weight excluding hydrogens is 811 g/mol. The van der Waals surface area contributed by atoms with Crippen LogP contribution in [-0.4, -0.2) is 125 Å². The molecule has 3 saturated heterocycles. The maximum absolute atomic E-state index is 13.1. The second kappa shape index (κ2) is 18.4. The van der Waals surface area contributed by atoms with Crippen molar-refractivity contribution >= 4 is 22.6 Å². The number of fused-ring (bicyclic) bond motifs is 1. The standard InChI is InChI=1S/C48H57N11O5/c1-4-34-20-41-42(52-46(34)62)19-33(23-49-41)27-56-15-17-58(18-16-56)37-9-10-40(50-24-37)47(63)51-35-28-57(29-35)26-32-11-13-55(14-12-32)25-31-5-7-36(8-6-31)59-45(53-54-48(59)64)39-21-38(30(2)3)43(60)22-44(39)61/h5-10,19-24,30,32,35,60-61H,4,11-18,25-29H2,1-3H3,(H,51,63)(H,52,62)(H,54,64). The molecule has 3 fully saturated rings. The average molecular weight is 868 g/mol. The topological polar surface area (TPSA) is 192 Å². The third-order valence-corrected chi connectivity index (χ3v) is 13.1.